The van der Waals surface area contributed by atoms with Crippen LogP contribution >= 0.6 is 0 Å². The van der Waals surface area contributed by atoms with E-state index in [2.05, 4.69) is 5.92 Å². The van der Waals surface area contributed by atoms with E-state index >= 15 is 0 Å². The molecule has 1 amide bonds. The molecule has 0 saturated carbocycles. The van der Waals surface area contributed by atoms with Crippen LogP contribution in [0.15, 0.2) is 0 Å². The molecule has 0 aromatic carbocycles. The van der Waals surface area contributed by atoms with E-state index in [4.69, 9.17) is 12.2 Å². The highest BCUT2D eigenvalue weighted by Crippen LogP contribution is 2.09. The fraction of sp³-hybridized carbons (Fsp3) is 0.700. The third-order valence-electron chi connectivity index (χ3n) is 2.32. The van der Waals surface area contributed by atoms with Gasteiger partial charge in [0.15, 0.2) is 0 Å². The van der Waals surface area contributed by atoms with Gasteiger partial charge in [0, 0.05) is 19.5 Å². The van der Waals surface area contributed by atoms with Gasteiger partial charge >= 0.3 is 0 Å². The molecule has 13 heavy (non-hydrogen) atoms. The van der Waals surface area contributed by atoms with Crippen molar-refractivity contribution in [2.45, 2.75) is 31.7 Å². The van der Waals surface area contributed by atoms with Crippen LogP contribution in [0.2, 0.25) is 0 Å². The van der Waals surface area contributed by atoms with Crippen LogP contribution in [0.5, 0.6) is 0 Å². The Hall–Kier alpha value is -1.01. The first-order valence-electron chi connectivity index (χ1n) is 4.73. The Bertz CT molecular complexity index is 213. The third kappa shape index (κ3) is 2.74. The van der Waals surface area contributed by atoms with Gasteiger partial charge in [0.05, 0.1) is 6.04 Å². The summed E-state index contributed by atoms with van der Waals surface area (Å²) in [7, 11) is 0. The minimum absolute atomic E-state index is 0.0117. The Labute approximate surface area is 79.3 Å². The van der Waals surface area contributed by atoms with Crippen LogP contribution in [-0.4, -0.2) is 29.9 Å². The predicted octanol–water partition coefficient (Wildman–Crippen LogP) is 0.349. The van der Waals surface area contributed by atoms with E-state index in [1.165, 1.54) is 6.42 Å². The number of piperidine rings is 1. The molecule has 1 aliphatic rings. The van der Waals surface area contributed by atoms with Crippen molar-refractivity contribution in [1.82, 2.24) is 4.90 Å². The number of carbonyl (C=O) groups is 1. The molecule has 1 saturated heterocycles. The summed E-state index contributed by atoms with van der Waals surface area (Å²) in [6.45, 7) is 1.69. The minimum atomic E-state index is -0.497. The van der Waals surface area contributed by atoms with Gasteiger partial charge in [-0.1, -0.05) is 0 Å². The van der Waals surface area contributed by atoms with Crippen LogP contribution in [0.25, 0.3) is 0 Å². The van der Waals surface area contributed by atoms with E-state index in [1.54, 1.807) is 0 Å². The van der Waals surface area contributed by atoms with Crippen molar-refractivity contribution in [1.29, 1.82) is 0 Å². The molecule has 0 aromatic rings. The monoisotopic (exact) mass is 180 g/mol. The lowest BCUT2D eigenvalue weighted by molar-refractivity contribution is -0.133. The number of carbonyl (C=O) groups excluding carboxylic acids is 1. The summed E-state index contributed by atoms with van der Waals surface area (Å²) in [6, 6.07) is -0.497. The second kappa shape index (κ2) is 4.88. The van der Waals surface area contributed by atoms with Gasteiger partial charge in [0.1, 0.15) is 0 Å². The molecule has 1 fully saturated rings. The van der Waals surface area contributed by atoms with Crippen molar-refractivity contribution in [3.63, 3.8) is 0 Å². The molecule has 0 aliphatic carbocycles. The predicted molar refractivity (Wildman–Crippen MR) is 51.9 cm³/mol. The van der Waals surface area contributed by atoms with Crippen molar-refractivity contribution in [2.24, 2.45) is 5.73 Å². The minimum Gasteiger partial charge on any atom is -0.341 e. The van der Waals surface area contributed by atoms with Gasteiger partial charge < -0.3 is 10.6 Å². The summed E-state index contributed by atoms with van der Waals surface area (Å²) in [4.78, 5) is 13.4. The number of terminal acetylenes is 1. The quantitative estimate of drug-likeness (QED) is 0.623. The van der Waals surface area contributed by atoms with Crippen molar-refractivity contribution in [2.75, 3.05) is 13.1 Å². The van der Waals surface area contributed by atoms with Crippen molar-refractivity contribution < 1.29 is 4.79 Å². The van der Waals surface area contributed by atoms with Crippen LogP contribution in [0, 0.1) is 12.3 Å². The lowest BCUT2D eigenvalue weighted by Gasteiger charge is -2.28. The van der Waals surface area contributed by atoms with Gasteiger partial charge in [-0.25, -0.2) is 0 Å². The molecule has 72 valence electrons. The van der Waals surface area contributed by atoms with E-state index in [9.17, 15) is 4.79 Å². The standard InChI is InChI=1S/C10H16N2O/c1-2-6-9(11)10(13)12-7-4-3-5-8-12/h1,9H,3-8,11H2. The largest absolute Gasteiger partial charge is 0.341 e. The molecule has 1 unspecified atom stereocenters. The fourth-order valence-electron chi connectivity index (χ4n) is 1.56. The molecule has 0 spiro atoms. The maximum atomic E-state index is 11.6. The Balaban J connectivity index is 2.41. The molecular weight excluding hydrogens is 164 g/mol. The zero-order valence-corrected chi connectivity index (χ0v) is 7.83. The second-order valence-corrected chi connectivity index (χ2v) is 3.40. The molecule has 3 heteroatoms. The Morgan fingerprint density at radius 3 is 2.62 bits per heavy atom. The summed E-state index contributed by atoms with van der Waals surface area (Å²) in [6.07, 6.45) is 8.84. The van der Waals surface area contributed by atoms with Crippen molar-refractivity contribution in [3.8, 4) is 12.3 Å². The smallest absolute Gasteiger partial charge is 0.240 e. The van der Waals surface area contributed by atoms with Crippen molar-refractivity contribution >= 4 is 5.91 Å². The van der Waals surface area contributed by atoms with Gasteiger partial charge in [-0.2, -0.15) is 0 Å². The third-order valence-corrected chi connectivity index (χ3v) is 2.32. The van der Waals surface area contributed by atoms with Crippen molar-refractivity contribution in [3.05, 3.63) is 0 Å². The Kier molecular flexibility index (Phi) is 3.78. The normalized spacial score (nSPS) is 19.2. The molecule has 1 heterocycles. The lowest BCUT2D eigenvalue weighted by atomic mass is 10.1. The molecule has 1 atom stereocenters. The van der Waals surface area contributed by atoms with E-state index in [0.717, 1.165) is 25.9 Å². The first kappa shape index (κ1) is 10.1. The zero-order valence-electron chi connectivity index (χ0n) is 7.83. The van der Waals surface area contributed by atoms with Gasteiger partial charge in [-0.3, -0.25) is 4.79 Å². The SMILES string of the molecule is C#CCC(N)C(=O)N1CCCCC1. The topological polar surface area (TPSA) is 46.3 Å². The van der Waals surface area contributed by atoms with Gasteiger partial charge in [-0.15, -0.1) is 12.3 Å². The number of amides is 1. The van der Waals surface area contributed by atoms with Gasteiger partial charge in [0.25, 0.3) is 0 Å². The molecule has 0 radical (unpaired) electrons. The number of hydrogen-bond donors (Lipinski definition) is 1. The molecule has 3 nitrogen and oxygen atoms in total. The highest BCUT2D eigenvalue weighted by Gasteiger charge is 2.21. The first-order chi connectivity index (χ1) is 6.25. The maximum Gasteiger partial charge on any atom is 0.240 e. The summed E-state index contributed by atoms with van der Waals surface area (Å²) < 4.78 is 0. The molecule has 0 bridgehead atoms. The van der Waals surface area contributed by atoms with Crippen LogP contribution in [0.3, 0.4) is 0 Å². The number of hydrogen-bond acceptors (Lipinski definition) is 2. The second-order valence-electron chi connectivity index (χ2n) is 3.40. The summed E-state index contributed by atoms with van der Waals surface area (Å²) in [5.41, 5.74) is 5.62. The number of nitrogens with zero attached hydrogens (tertiary/aromatic N) is 1. The van der Waals surface area contributed by atoms with Crippen LogP contribution in [0.1, 0.15) is 25.7 Å². The summed E-state index contributed by atoms with van der Waals surface area (Å²) >= 11 is 0. The molecule has 1 aliphatic heterocycles. The lowest BCUT2D eigenvalue weighted by Crippen LogP contribution is -2.45. The van der Waals surface area contributed by atoms with E-state index in [1.807, 2.05) is 4.90 Å². The molecule has 0 aromatic heterocycles. The van der Waals surface area contributed by atoms with E-state index in [-0.39, 0.29) is 5.91 Å². The maximum absolute atomic E-state index is 11.6. The van der Waals surface area contributed by atoms with Gasteiger partial charge in [-0.05, 0) is 19.3 Å². The summed E-state index contributed by atoms with van der Waals surface area (Å²) in [5.74, 6) is 2.43. The summed E-state index contributed by atoms with van der Waals surface area (Å²) in [5, 5.41) is 0. The first-order valence-corrected chi connectivity index (χ1v) is 4.73. The van der Waals surface area contributed by atoms with Crippen LogP contribution in [0.4, 0.5) is 0 Å². The zero-order chi connectivity index (χ0) is 9.68. The number of nitrogens with two attached hydrogens (primary N) is 1. The number of rotatable bonds is 2. The van der Waals surface area contributed by atoms with E-state index < -0.39 is 6.04 Å². The van der Waals surface area contributed by atoms with Crippen LogP contribution in [-0.2, 0) is 4.79 Å². The Morgan fingerprint density at radius 1 is 1.46 bits per heavy atom. The van der Waals surface area contributed by atoms with E-state index in [0.29, 0.717) is 6.42 Å². The van der Waals surface area contributed by atoms with Gasteiger partial charge in [0.2, 0.25) is 5.91 Å². The highest BCUT2D eigenvalue weighted by molar-refractivity contribution is 5.82. The number of likely N-dealkylation sites (tertiary alicyclic amines) is 1. The van der Waals surface area contributed by atoms with Crippen LogP contribution < -0.4 is 5.73 Å². The average Bonchev–Trinajstić information content (AvgIpc) is 2.18. The fourth-order valence-corrected chi connectivity index (χ4v) is 1.56. The molecule has 1 rings (SSSR count). The Morgan fingerprint density at radius 2 is 2.08 bits per heavy atom. The highest BCUT2D eigenvalue weighted by atomic mass is 16.2. The molecular formula is C10H16N2O. The average molecular weight is 180 g/mol. The molecule has 2 N–H and O–H groups in total.